The van der Waals surface area contributed by atoms with Gasteiger partial charge >= 0.3 is 11.9 Å². The first-order valence-corrected chi connectivity index (χ1v) is 8.72. The lowest BCUT2D eigenvalue weighted by atomic mass is 10.0. The number of rotatable bonds is 12. The normalized spacial score (nSPS) is 16.1. The fourth-order valence-electron chi connectivity index (χ4n) is 2.16. The Morgan fingerprint density at radius 2 is 1.38 bits per heavy atom. The molecule has 0 bridgehead atoms. The summed E-state index contributed by atoms with van der Waals surface area (Å²) in [5, 5.41) is 43.1. The fraction of sp³-hybridized carbons (Fsp3) is 0.688. The number of hydrogen-bond donors (Lipinski definition) is 8. The molecule has 166 valence electrons. The van der Waals surface area contributed by atoms with Crippen molar-refractivity contribution in [2.45, 2.75) is 57.5 Å². The van der Waals surface area contributed by atoms with Crippen LogP contribution in [0.3, 0.4) is 0 Å². The second-order valence-corrected chi connectivity index (χ2v) is 6.74. The molecule has 0 aliphatic carbocycles. The molecule has 0 aliphatic rings. The molecule has 0 aliphatic heterocycles. The second kappa shape index (κ2) is 11.9. The number of aliphatic hydroxyl groups is 2. The SMILES string of the molecule is CC(C)C(NC(=O)C(NC(=O)C(CC(=O)O)NC(=O)C(N)CO)C(C)O)C(=O)O. The average molecular weight is 420 g/mol. The van der Waals surface area contributed by atoms with Gasteiger partial charge in [0.15, 0.2) is 0 Å². The Morgan fingerprint density at radius 3 is 1.76 bits per heavy atom. The molecule has 0 radical (unpaired) electrons. The van der Waals surface area contributed by atoms with Gasteiger partial charge in [0.1, 0.15) is 24.2 Å². The molecule has 0 aromatic rings. The van der Waals surface area contributed by atoms with Crippen molar-refractivity contribution in [2.24, 2.45) is 11.7 Å². The van der Waals surface area contributed by atoms with Crippen LogP contribution in [0, 0.1) is 5.92 Å². The van der Waals surface area contributed by atoms with Crippen LogP contribution in [0.4, 0.5) is 0 Å². The lowest BCUT2D eigenvalue weighted by Crippen LogP contribution is -2.60. The zero-order valence-corrected chi connectivity index (χ0v) is 16.3. The summed E-state index contributed by atoms with van der Waals surface area (Å²) >= 11 is 0. The predicted molar refractivity (Wildman–Crippen MR) is 97.3 cm³/mol. The van der Waals surface area contributed by atoms with E-state index < -0.39 is 78.9 Å². The van der Waals surface area contributed by atoms with E-state index in [1.165, 1.54) is 13.8 Å². The summed E-state index contributed by atoms with van der Waals surface area (Å²) in [6.45, 7) is 3.48. The first kappa shape index (κ1) is 26.2. The third-order valence-electron chi connectivity index (χ3n) is 3.84. The van der Waals surface area contributed by atoms with Crippen molar-refractivity contribution in [3.05, 3.63) is 0 Å². The van der Waals surface area contributed by atoms with Crippen molar-refractivity contribution < 1.29 is 44.4 Å². The Kier molecular flexibility index (Phi) is 10.8. The smallest absolute Gasteiger partial charge is 0.326 e. The summed E-state index contributed by atoms with van der Waals surface area (Å²) in [4.78, 5) is 58.7. The van der Waals surface area contributed by atoms with Crippen LogP contribution >= 0.6 is 0 Å². The summed E-state index contributed by atoms with van der Waals surface area (Å²) < 4.78 is 0. The maximum atomic E-state index is 12.4. The van der Waals surface area contributed by atoms with Gasteiger partial charge < -0.3 is 42.1 Å². The summed E-state index contributed by atoms with van der Waals surface area (Å²) in [5.41, 5.74) is 5.30. The number of aliphatic hydroxyl groups excluding tert-OH is 2. The Bertz CT molecular complexity index is 624. The minimum absolute atomic E-state index is 0.499. The zero-order chi connectivity index (χ0) is 22.9. The standard InChI is InChI=1S/C16H28N4O9/c1-6(2)11(16(28)29)19-15(27)12(7(3)22)20-14(26)9(4-10(23)24)18-13(25)8(17)5-21/h6-9,11-12,21-22H,4-5,17H2,1-3H3,(H,18,25)(H,19,27)(H,20,26)(H,23,24)(H,28,29). The van der Waals surface area contributed by atoms with Crippen LogP contribution < -0.4 is 21.7 Å². The molecule has 0 fully saturated rings. The van der Waals surface area contributed by atoms with Gasteiger partial charge in [0.25, 0.3) is 0 Å². The third kappa shape index (κ3) is 8.85. The molecule has 3 amide bonds. The average Bonchev–Trinajstić information content (AvgIpc) is 2.60. The Hall–Kier alpha value is -2.77. The molecule has 29 heavy (non-hydrogen) atoms. The van der Waals surface area contributed by atoms with Gasteiger partial charge in [0, 0.05) is 0 Å². The summed E-state index contributed by atoms with van der Waals surface area (Å²) in [6.07, 6.45) is -2.34. The fourth-order valence-corrected chi connectivity index (χ4v) is 2.16. The van der Waals surface area contributed by atoms with E-state index in [0.717, 1.165) is 6.92 Å². The summed E-state index contributed by atoms with van der Waals surface area (Å²) in [5.74, 6) is -6.41. The maximum absolute atomic E-state index is 12.4. The highest BCUT2D eigenvalue weighted by molar-refractivity contribution is 5.95. The molecule has 9 N–H and O–H groups in total. The molecule has 13 nitrogen and oxygen atoms in total. The van der Waals surface area contributed by atoms with Gasteiger partial charge in [-0.1, -0.05) is 13.8 Å². The molecule has 0 heterocycles. The van der Waals surface area contributed by atoms with Crippen LogP contribution in [0.25, 0.3) is 0 Å². The van der Waals surface area contributed by atoms with E-state index in [-0.39, 0.29) is 0 Å². The molecule has 0 rings (SSSR count). The molecule has 0 saturated heterocycles. The lowest BCUT2D eigenvalue weighted by Gasteiger charge is -2.26. The largest absolute Gasteiger partial charge is 0.481 e. The number of carboxylic acid groups (broad SMARTS) is 2. The van der Waals surface area contributed by atoms with E-state index in [4.69, 9.17) is 21.1 Å². The van der Waals surface area contributed by atoms with Crippen LogP contribution in [-0.2, 0) is 24.0 Å². The molecule has 13 heteroatoms. The van der Waals surface area contributed by atoms with Gasteiger partial charge in [0.2, 0.25) is 17.7 Å². The minimum Gasteiger partial charge on any atom is -0.481 e. The quantitative estimate of drug-likeness (QED) is 0.154. The van der Waals surface area contributed by atoms with Crippen LogP contribution in [0.2, 0.25) is 0 Å². The van der Waals surface area contributed by atoms with Crippen molar-refractivity contribution in [3.63, 3.8) is 0 Å². The Labute approximate surface area is 166 Å². The van der Waals surface area contributed by atoms with Gasteiger partial charge in [-0.15, -0.1) is 0 Å². The molecular formula is C16H28N4O9. The van der Waals surface area contributed by atoms with E-state index in [1.54, 1.807) is 0 Å². The summed E-state index contributed by atoms with van der Waals surface area (Å²) in [7, 11) is 0. The first-order valence-electron chi connectivity index (χ1n) is 8.72. The predicted octanol–water partition coefficient (Wildman–Crippen LogP) is -3.64. The van der Waals surface area contributed by atoms with Crippen molar-refractivity contribution in [2.75, 3.05) is 6.61 Å². The number of aliphatic carboxylic acids is 2. The highest BCUT2D eigenvalue weighted by Crippen LogP contribution is 2.05. The number of nitrogens with one attached hydrogen (secondary N) is 3. The number of nitrogens with two attached hydrogens (primary N) is 1. The summed E-state index contributed by atoms with van der Waals surface area (Å²) in [6, 6.07) is -5.98. The van der Waals surface area contributed by atoms with Gasteiger partial charge in [-0.25, -0.2) is 4.79 Å². The van der Waals surface area contributed by atoms with Crippen LogP contribution in [0.15, 0.2) is 0 Å². The van der Waals surface area contributed by atoms with Gasteiger partial charge in [0.05, 0.1) is 19.1 Å². The number of carbonyl (C=O) groups is 5. The van der Waals surface area contributed by atoms with E-state index in [1.807, 2.05) is 5.32 Å². The molecule has 5 atom stereocenters. The van der Waals surface area contributed by atoms with E-state index in [2.05, 4.69) is 10.6 Å². The molecule has 0 aromatic carbocycles. The monoisotopic (exact) mass is 420 g/mol. The number of carboxylic acids is 2. The molecule has 0 spiro atoms. The Balaban J connectivity index is 5.41. The topological polar surface area (TPSA) is 228 Å². The van der Waals surface area contributed by atoms with Crippen molar-refractivity contribution in [1.82, 2.24) is 16.0 Å². The van der Waals surface area contributed by atoms with Crippen LogP contribution in [-0.4, -0.2) is 87.0 Å². The molecule has 0 aromatic heterocycles. The second-order valence-electron chi connectivity index (χ2n) is 6.74. The van der Waals surface area contributed by atoms with Crippen LogP contribution in [0.1, 0.15) is 27.2 Å². The number of hydrogen-bond acceptors (Lipinski definition) is 8. The van der Waals surface area contributed by atoms with Crippen molar-refractivity contribution in [3.8, 4) is 0 Å². The van der Waals surface area contributed by atoms with Crippen molar-refractivity contribution >= 4 is 29.7 Å². The maximum Gasteiger partial charge on any atom is 0.326 e. The van der Waals surface area contributed by atoms with E-state index in [0.29, 0.717) is 0 Å². The van der Waals surface area contributed by atoms with E-state index in [9.17, 15) is 29.1 Å². The Morgan fingerprint density at radius 1 is 0.862 bits per heavy atom. The van der Waals surface area contributed by atoms with Gasteiger partial charge in [-0.05, 0) is 12.8 Å². The number of amides is 3. The molecule has 0 saturated carbocycles. The minimum atomic E-state index is -1.66. The first-order chi connectivity index (χ1) is 13.3. The molecular weight excluding hydrogens is 392 g/mol. The van der Waals surface area contributed by atoms with E-state index >= 15 is 0 Å². The highest BCUT2D eigenvalue weighted by atomic mass is 16.4. The van der Waals surface area contributed by atoms with Gasteiger partial charge in [-0.2, -0.15) is 0 Å². The third-order valence-corrected chi connectivity index (χ3v) is 3.84. The molecule has 5 unspecified atom stereocenters. The van der Waals surface area contributed by atoms with Crippen molar-refractivity contribution in [1.29, 1.82) is 0 Å². The lowest BCUT2D eigenvalue weighted by molar-refractivity contribution is -0.145. The number of carbonyl (C=O) groups excluding carboxylic acids is 3. The van der Waals surface area contributed by atoms with Crippen LogP contribution in [0.5, 0.6) is 0 Å². The highest BCUT2D eigenvalue weighted by Gasteiger charge is 2.34. The van der Waals surface area contributed by atoms with Gasteiger partial charge in [-0.3, -0.25) is 19.2 Å². The zero-order valence-electron chi connectivity index (χ0n) is 16.3.